The third-order valence-electron chi connectivity index (χ3n) is 3.47. The fourth-order valence-electron chi connectivity index (χ4n) is 2.62. The summed E-state index contributed by atoms with van der Waals surface area (Å²) in [7, 11) is 0. The van der Waals surface area contributed by atoms with Gasteiger partial charge in [-0.15, -0.1) is 11.3 Å². The molecule has 2 unspecified atom stereocenters. The van der Waals surface area contributed by atoms with Crippen LogP contribution < -0.4 is 5.32 Å². The maximum atomic E-state index is 13.4. The van der Waals surface area contributed by atoms with Crippen LogP contribution in [0.1, 0.15) is 28.7 Å². The normalized spacial score (nSPS) is 22.6. The highest BCUT2D eigenvalue weighted by Crippen LogP contribution is 2.40. The van der Waals surface area contributed by atoms with Gasteiger partial charge in [0.25, 0.3) is 0 Å². The van der Waals surface area contributed by atoms with Crippen molar-refractivity contribution >= 4 is 23.2 Å². The van der Waals surface area contributed by atoms with Gasteiger partial charge in [0.05, 0.1) is 5.92 Å². The summed E-state index contributed by atoms with van der Waals surface area (Å²) in [5, 5.41) is 4.26. The van der Waals surface area contributed by atoms with Gasteiger partial charge >= 0.3 is 0 Å². The standard InChI is InChI=1S/C15H12FNO2S/c16-10-4-1-3-9(7-10)14-11(12-5-2-6-20-12)8-13(18)17-15(14)19/h1-7,11,14H,8H2,(H,17,18,19). The average Bonchev–Trinajstić information content (AvgIpc) is 2.91. The molecule has 1 aliphatic rings. The molecule has 0 saturated carbocycles. The minimum atomic E-state index is -0.526. The van der Waals surface area contributed by atoms with Crippen LogP contribution in [0, 0.1) is 5.82 Å². The van der Waals surface area contributed by atoms with Crippen LogP contribution in [0.5, 0.6) is 0 Å². The molecule has 0 aliphatic carbocycles. The van der Waals surface area contributed by atoms with Crippen LogP contribution in [0.3, 0.4) is 0 Å². The first kappa shape index (κ1) is 13.0. The van der Waals surface area contributed by atoms with E-state index < -0.39 is 5.92 Å². The minimum absolute atomic E-state index is 0.224. The summed E-state index contributed by atoms with van der Waals surface area (Å²) in [4.78, 5) is 24.8. The molecule has 3 rings (SSSR count). The Morgan fingerprint density at radius 2 is 2.05 bits per heavy atom. The van der Waals surface area contributed by atoms with Crippen molar-refractivity contribution in [3.63, 3.8) is 0 Å². The average molecular weight is 289 g/mol. The molecule has 2 amide bonds. The fourth-order valence-corrected chi connectivity index (χ4v) is 3.48. The van der Waals surface area contributed by atoms with Crippen LogP contribution in [-0.2, 0) is 9.59 Å². The fraction of sp³-hybridized carbons (Fsp3) is 0.200. The Morgan fingerprint density at radius 1 is 1.20 bits per heavy atom. The van der Waals surface area contributed by atoms with Crippen molar-refractivity contribution in [1.82, 2.24) is 5.32 Å². The molecule has 102 valence electrons. The van der Waals surface area contributed by atoms with Crippen molar-refractivity contribution in [3.05, 3.63) is 58.0 Å². The van der Waals surface area contributed by atoms with Crippen LogP contribution in [-0.4, -0.2) is 11.8 Å². The molecule has 0 spiro atoms. The third-order valence-corrected chi connectivity index (χ3v) is 4.47. The topological polar surface area (TPSA) is 46.2 Å². The molecule has 1 N–H and O–H groups in total. The molecule has 0 radical (unpaired) electrons. The maximum Gasteiger partial charge on any atom is 0.234 e. The van der Waals surface area contributed by atoms with Gasteiger partial charge in [0.1, 0.15) is 5.82 Å². The summed E-state index contributed by atoms with van der Waals surface area (Å²) in [5.41, 5.74) is 0.605. The second-order valence-corrected chi connectivity index (χ2v) is 5.75. The number of carbonyl (C=O) groups is 2. The minimum Gasteiger partial charge on any atom is -0.296 e. The molecule has 1 aromatic carbocycles. The Labute approximate surface area is 119 Å². The molecular weight excluding hydrogens is 277 g/mol. The largest absolute Gasteiger partial charge is 0.296 e. The number of imide groups is 1. The summed E-state index contributed by atoms with van der Waals surface area (Å²) in [6, 6.07) is 9.81. The van der Waals surface area contributed by atoms with E-state index in [1.165, 1.54) is 23.5 Å². The van der Waals surface area contributed by atoms with Crippen molar-refractivity contribution in [2.45, 2.75) is 18.3 Å². The first-order valence-corrected chi connectivity index (χ1v) is 7.15. The number of rotatable bonds is 2. The van der Waals surface area contributed by atoms with E-state index in [4.69, 9.17) is 0 Å². The lowest BCUT2D eigenvalue weighted by Crippen LogP contribution is -2.43. The predicted molar refractivity (Wildman–Crippen MR) is 74.0 cm³/mol. The summed E-state index contributed by atoms with van der Waals surface area (Å²) < 4.78 is 13.4. The molecule has 1 fully saturated rings. The number of hydrogen-bond acceptors (Lipinski definition) is 3. The SMILES string of the molecule is O=C1CC(c2cccs2)C(c2cccc(F)c2)C(=O)N1. The Bertz CT molecular complexity index is 654. The number of carbonyl (C=O) groups excluding carboxylic acids is 2. The quantitative estimate of drug-likeness (QED) is 0.864. The van der Waals surface area contributed by atoms with Crippen LogP contribution in [0.25, 0.3) is 0 Å². The van der Waals surface area contributed by atoms with E-state index in [1.807, 2.05) is 17.5 Å². The van der Waals surface area contributed by atoms with Gasteiger partial charge in [0.15, 0.2) is 0 Å². The number of hydrogen-bond donors (Lipinski definition) is 1. The van der Waals surface area contributed by atoms with Crippen LogP contribution in [0.15, 0.2) is 41.8 Å². The Morgan fingerprint density at radius 3 is 2.75 bits per heavy atom. The van der Waals surface area contributed by atoms with Gasteiger partial charge in [-0.1, -0.05) is 18.2 Å². The van der Waals surface area contributed by atoms with Gasteiger partial charge in [-0.2, -0.15) is 0 Å². The molecule has 5 heteroatoms. The Kier molecular flexibility index (Phi) is 3.36. The van der Waals surface area contributed by atoms with Gasteiger partial charge in [-0.05, 0) is 29.1 Å². The third kappa shape index (κ3) is 2.36. The van der Waals surface area contributed by atoms with Gasteiger partial charge in [-0.3, -0.25) is 14.9 Å². The summed E-state index contributed by atoms with van der Waals surface area (Å²) in [6.07, 6.45) is 0.243. The second-order valence-electron chi connectivity index (χ2n) is 4.77. The second kappa shape index (κ2) is 5.17. The van der Waals surface area contributed by atoms with Crippen LogP contribution >= 0.6 is 11.3 Å². The number of halogens is 1. The van der Waals surface area contributed by atoms with E-state index in [2.05, 4.69) is 5.32 Å². The lowest BCUT2D eigenvalue weighted by molar-refractivity contribution is -0.135. The van der Waals surface area contributed by atoms with Gasteiger partial charge in [0, 0.05) is 17.2 Å². The molecule has 0 bridgehead atoms. The number of piperidine rings is 1. The first-order valence-electron chi connectivity index (χ1n) is 6.27. The lowest BCUT2D eigenvalue weighted by Gasteiger charge is -2.29. The van der Waals surface area contributed by atoms with Crippen molar-refractivity contribution in [2.24, 2.45) is 0 Å². The summed E-state index contributed by atoms with van der Waals surface area (Å²) in [5.74, 6) is -1.76. The van der Waals surface area contributed by atoms with E-state index in [0.717, 1.165) is 4.88 Å². The van der Waals surface area contributed by atoms with E-state index in [-0.39, 0.29) is 30.0 Å². The molecule has 1 aliphatic heterocycles. The number of nitrogens with one attached hydrogen (secondary N) is 1. The summed E-state index contributed by atoms with van der Waals surface area (Å²) >= 11 is 1.51. The molecule has 2 aromatic rings. The van der Waals surface area contributed by atoms with E-state index in [1.54, 1.807) is 12.1 Å². The van der Waals surface area contributed by atoms with Gasteiger partial charge in [-0.25, -0.2) is 4.39 Å². The zero-order valence-corrected chi connectivity index (χ0v) is 11.3. The highest BCUT2D eigenvalue weighted by atomic mass is 32.1. The van der Waals surface area contributed by atoms with E-state index >= 15 is 0 Å². The highest BCUT2D eigenvalue weighted by Gasteiger charge is 2.38. The first-order chi connectivity index (χ1) is 9.65. The Balaban J connectivity index is 2.04. The van der Waals surface area contributed by atoms with Gasteiger partial charge in [0.2, 0.25) is 11.8 Å². The van der Waals surface area contributed by atoms with Gasteiger partial charge < -0.3 is 0 Å². The molecule has 3 nitrogen and oxygen atoms in total. The lowest BCUT2D eigenvalue weighted by atomic mass is 9.79. The monoisotopic (exact) mass is 289 g/mol. The number of thiophene rings is 1. The summed E-state index contributed by atoms with van der Waals surface area (Å²) in [6.45, 7) is 0. The van der Waals surface area contributed by atoms with Crippen molar-refractivity contribution in [2.75, 3.05) is 0 Å². The van der Waals surface area contributed by atoms with Crippen LogP contribution in [0.2, 0.25) is 0 Å². The zero-order valence-electron chi connectivity index (χ0n) is 10.5. The number of amides is 2. The van der Waals surface area contributed by atoms with Crippen molar-refractivity contribution < 1.29 is 14.0 Å². The molecular formula is C15H12FNO2S. The van der Waals surface area contributed by atoms with E-state index in [9.17, 15) is 14.0 Å². The van der Waals surface area contributed by atoms with Crippen molar-refractivity contribution in [3.8, 4) is 0 Å². The molecule has 1 aromatic heterocycles. The molecule has 20 heavy (non-hydrogen) atoms. The zero-order chi connectivity index (χ0) is 14.1. The molecule has 1 saturated heterocycles. The smallest absolute Gasteiger partial charge is 0.234 e. The van der Waals surface area contributed by atoms with E-state index in [0.29, 0.717) is 5.56 Å². The maximum absolute atomic E-state index is 13.4. The number of benzene rings is 1. The van der Waals surface area contributed by atoms with Crippen molar-refractivity contribution in [1.29, 1.82) is 0 Å². The van der Waals surface area contributed by atoms with Crippen LogP contribution in [0.4, 0.5) is 4.39 Å². The highest BCUT2D eigenvalue weighted by molar-refractivity contribution is 7.10. The molecule has 2 heterocycles. The predicted octanol–water partition coefficient (Wildman–Crippen LogP) is 2.80. The Hall–Kier alpha value is -2.01. The molecule has 2 atom stereocenters.